The lowest BCUT2D eigenvalue weighted by atomic mass is 10.2. The minimum Gasteiger partial charge on any atom is -0.309 e. The number of anilines is 2. The summed E-state index contributed by atoms with van der Waals surface area (Å²) < 4.78 is 1.72. The number of para-hydroxylation sites is 3. The quantitative estimate of drug-likeness (QED) is 0.254. The van der Waals surface area contributed by atoms with E-state index in [2.05, 4.69) is 4.90 Å². The highest BCUT2D eigenvalue weighted by molar-refractivity contribution is 8.00. The van der Waals surface area contributed by atoms with Gasteiger partial charge in [-0.1, -0.05) is 59.9 Å². The van der Waals surface area contributed by atoms with E-state index in [0.717, 1.165) is 34.1 Å². The summed E-state index contributed by atoms with van der Waals surface area (Å²) in [7, 11) is 4.03. The second kappa shape index (κ2) is 10.3. The van der Waals surface area contributed by atoms with Crippen molar-refractivity contribution in [3.8, 4) is 0 Å². The van der Waals surface area contributed by atoms with Crippen LogP contribution in [0.25, 0.3) is 10.9 Å². The molecular formula is C27H26N4O2S2. The largest absolute Gasteiger partial charge is 0.309 e. The normalized spacial score (nSPS) is 12.6. The number of benzene rings is 3. The molecule has 0 bridgehead atoms. The molecule has 0 aliphatic carbocycles. The van der Waals surface area contributed by atoms with Crippen LogP contribution in [-0.2, 0) is 11.3 Å². The van der Waals surface area contributed by atoms with Crippen LogP contribution in [0.1, 0.15) is 6.42 Å². The first-order valence-corrected chi connectivity index (χ1v) is 13.3. The maximum absolute atomic E-state index is 13.6. The fourth-order valence-corrected chi connectivity index (χ4v) is 6.10. The van der Waals surface area contributed by atoms with Gasteiger partial charge in [-0.3, -0.25) is 19.1 Å². The lowest BCUT2D eigenvalue weighted by Crippen LogP contribution is -2.31. The van der Waals surface area contributed by atoms with Crippen LogP contribution in [0.15, 0.2) is 92.5 Å². The summed E-state index contributed by atoms with van der Waals surface area (Å²) in [5.41, 5.74) is 2.36. The van der Waals surface area contributed by atoms with Crippen LogP contribution in [0.3, 0.4) is 0 Å². The third-order valence-electron chi connectivity index (χ3n) is 5.82. The van der Waals surface area contributed by atoms with Gasteiger partial charge in [0.1, 0.15) is 0 Å². The zero-order valence-electron chi connectivity index (χ0n) is 19.7. The van der Waals surface area contributed by atoms with Gasteiger partial charge in [-0.05, 0) is 63.5 Å². The van der Waals surface area contributed by atoms with Crippen LogP contribution in [0.4, 0.5) is 11.4 Å². The van der Waals surface area contributed by atoms with Gasteiger partial charge < -0.3 is 4.90 Å². The van der Waals surface area contributed by atoms with Crippen molar-refractivity contribution in [2.75, 3.05) is 31.3 Å². The maximum atomic E-state index is 13.6. The number of fused-ring (bicyclic) bond motifs is 3. The molecule has 5 rings (SSSR count). The van der Waals surface area contributed by atoms with Gasteiger partial charge in [0, 0.05) is 16.3 Å². The van der Waals surface area contributed by atoms with Gasteiger partial charge >= 0.3 is 0 Å². The Kier molecular flexibility index (Phi) is 6.95. The van der Waals surface area contributed by atoms with Crippen molar-refractivity contribution in [1.82, 2.24) is 14.5 Å². The van der Waals surface area contributed by atoms with E-state index in [4.69, 9.17) is 4.98 Å². The smallest absolute Gasteiger partial charge is 0.262 e. The second-order valence-electron chi connectivity index (χ2n) is 8.58. The van der Waals surface area contributed by atoms with Crippen molar-refractivity contribution in [3.05, 3.63) is 83.2 Å². The van der Waals surface area contributed by atoms with E-state index in [1.54, 1.807) is 21.2 Å². The molecular weight excluding hydrogens is 476 g/mol. The lowest BCUT2D eigenvalue weighted by molar-refractivity contribution is -0.115. The Labute approximate surface area is 213 Å². The highest BCUT2D eigenvalue weighted by Gasteiger charge is 2.28. The minimum absolute atomic E-state index is 0.0440. The van der Waals surface area contributed by atoms with E-state index in [-0.39, 0.29) is 17.2 Å². The van der Waals surface area contributed by atoms with E-state index in [1.807, 2.05) is 86.9 Å². The summed E-state index contributed by atoms with van der Waals surface area (Å²) in [5.74, 6) is 0.128. The molecule has 0 fully saturated rings. The number of carbonyl (C=O) groups is 1. The fourth-order valence-electron chi connectivity index (χ4n) is 4.16. The van der Waals surface area contributed by atoms with Crippen molar-refractivity contribution in [1.29, 1.82) is 0 Å². The zero-order chi connectivity index (χ0) is 24.4. The number of hydrogen-bond donors (Lipinski definition) is 0. The molecule has 0 N–H and O–H groups in total. The van der Waals surface area contributed by atoms with E-state index < -0.39 is 0 Å². The Morgan fingerprint density at radius 2 is 1.57 bits per heavy atom. The van der Waals surface area contributed by atoms with E-state index in [9.17, 15) is 9.59 Å². The average molecular weight is 503 g/mol. The van der Waals surface area contributed by atoms with Gasteiger partial charge in [0.2, 0.25) is 5.91 Å². The number of rotatable bonds is 7. The Morgan fingerprint density at radius 1 is 0.943 bits per heavy atom. The molecule has 1 amide bonds. The molecule has 0 saturated carbocycles. The third-order valence-corrected chi connectivity index (χ3v) is 7.91. The maximum Gasteiger partial charge on any atom is 0.262 e. The van der Waals surface area contributed by atoms with Gasteiger partial charge in [0.05, 0.1) is 28.0 Å². The van der Waals surface area contributed by atoms with Crippen molar-refractivity contribution in [2.45, 2.75) is 27.9 Å². The number of amides is 1. The third kappa shape index (κ3) is 4.87. The standard InChI is InChI=1S/C27H26N4O2S2/c1-29(2)16-9-17-30-26(33)19-10-3-4-11-20(19)28-27(30)34-18-25(32)31-21-12-5-7-14-23(21)35-24-15-8-6-13-22(24)31/h3-8,10-15H,9,16-18H2,1-2H3. The summed E-state index contributed by atoms with van der Waals surface area (Å²) in [4.78, 5) is 37.7. The van der Waals surface area contributed by atoms with Crippen molar-refractivity contribution in [3.63, 3.8) is 0 Å². The molecule has 1 aromatic heterocycles. The molecule has 0 atom stereocenters. The van der Waals surface area contributed by atoms with Crippen LogP contribution in [0.5, 0.6) is 0 Å². The Balaban J connectivity index is 1.46. The summed E-state index contributed by atoms with van der Waals surface area (Å²) in [6.45, 7) is 1.42. The number of nitrogens with zero attached hydrogens (tertiary/aromatic N) is 4. The highest BCUT2D eigenvalue weighted by Crippen LogP contribution is 2.48. The highest BCUT2D eigenvalue weighted by atomic mass is 32.2. The van der Waals surface area contributed by atoms with Crippen LogP contribution >= 0.6 is 23.5 Å². The molecule has 0 spiro atoms. The van der Waals surface area contributed by atoms with Crippen LogP contribution in [0, 0.1) is 0 Å². The Hall–Kier alpha value is -3.07. The summed E-state index contributed by atoms with van der Waals surface area (Å²) >= 11 is 3.00. The summed E-state index contributed by atoms with van der Waals surface area (Å²) in [6, 6.07) is 23.3. The molecule has 0 saturated heterocycles. The van der Waals surface area contributed by atoms with Crippen LogP contribution < -0.4 is 10.5 Å². The number of carbonyl (C=O) groups excluding carboxylic acids is 1. The number of hydrogen-bond acceptors (Lipinski definition) is 6. The fraction of sp³-hybridized carbons (Fsp3) is 0.222. The zero-order valence-corrected chi connectivity index (χ0v) is 21.3. The van der Waals surface area contributed by atoms with Gasteiger partial charge in [-0.25, -0.2) is 4.98 Å². The van der Waals surface area contributed by atoms with Gasteiger partial charge in [-0.2, -0.15) is 0 Å². The van der Waals surface area contributed by atoms with Crippen molar-refractivity contribution < 1.29 is 4.79 Å². The first-order chi connectivity index (χ1) is 17.0. The molecule has 8 heteroatoms. The summed E-state index contributed by atoms with van der Waals surface area (Å²) in [5, 5.41) is 1.18. The van der Waals surface area contributed by atoms with Gasteiger partial charge in [0.15, 0.2) is 5.16 Å². The molecule has 3 aromatic carbocycles. The van der Waals surface area contributed by atoms with E-state index in [1.165, 1.54) is 11.8 Å². The molecule has 35 heavy (non-hydrogen) atoms. The average Bonchev–Trinajstić information content (AvgIpc) is 2.87. The predicted molar refractivity (Wildman–Crippen MR) is 144 cm³/mol. The molecule has 2 heterocycles. The first kappa shape index (κ1) is 23.7. The first-order valence-electron chi connectivity index (χ1n) is 11.5. The predicted octanol–water partition coefficient (Wildman–Crippen LogP) is 5.27. The van der Waals surface area contributed by atoms with Crippen molar-refractivity contribution in [2.24, 2.45) is 0 Å². The van der Waals surface area contributed by atoms with Crippen LogP contribution in [-0.4, -0.2) is 46.8 Å². The Morgan fingerprint density at radius 3 is 2.26 bits per heavy atom. The molecule has 178 valence electrons. The molecule has 1 aliphatic heterocycles. The monoisotopic (exact) mass is 502 g/mol. The summed E-state index contributed by atoms with van der Waals surface area (Å²) in [6.07, 6.45) is 0.818. The molecule has 6 nitrogen and oxygen atoms in total. The molecule has 0 radical (unpaired) electrons. The SMILES string of the molecule is CN(C)CCCn1c(SCC(=O)N2c3ccccc3Sc3ccccc32)nc2ccccc2c1=O. The van der Waals surface area contributed by atoms with E-state index >= 15 is 0 Å². The topological polar surface area (TPSA) is 58.4 Å². The molecule has 4 aromatic rings. The lowest BCUT2D eigenvalue weighted by Gasteiger charge is -2.31. The van der Waals surface area contributed by atoms with Gasteiger partial charge in [-0.15, -0.1) is 0 Å². The number of aromatic nitrogens is 2. The van der Waals surface area contributed by atoms with Crippen molar-refractivity contribution >= 4 is 51.7 Å². The molecule has 0 unspecified atom stereocenters. The van der Waals surface area contributed by atoms with Gasteiger partial charge in [0.25, 0.3) is 5.56 Å². The molecule has 1 aliphatic rings. The van der Waals surface area contributed by atoms with Crippen LogP contribution in [0.2, 0.25) is 0 Å². The Bertz CT molecular complexity index is 1410. The minimum atomic E-state index is -0.0608. The number of thioether (sulfide) groups is 1. The second-order valence-corrected chi connectivity index (χ2v) is 10.6. The van der Waals surface area contributed by atoms with E-state index in [0.29, 0.717) is 22.6 Å².